The van der Waals surface area contributed by atoms with Crippen molar-refractivity contribution in [3.05, 3.63) is 60.2 Å². The number of phenolic OH excluding ortho intramolecular Hbond substituents is 1. The van der Waals surface area contributed by atoms with Crippen LogP contribution in [0, 0.1) is 0 Å². The van der Waals surface area contributed by atoms with Gasteiger partial charge in [0.2, 0.25) is 5.91 Å². The molecular weight excluding hydrogens is 373 g/mol. The summed E-state index contributed by atoms with van der Waals surface area (Å²) in [6, 6.07) is 16.6. The highest BCUT2D eigenvalue weighted by molar-refractivity contribution is 5.87. The van der Waals surface area contributed by atoms with Crippen LogP contribution in [-0.4, -0.2) is 42.1 Å². The molecule has 7 heteroatoms. The lowest BCUT2D eigenvalue weighted by Crippen LogP contribution is -2.56. The average molecular weight is 398 g/mol. The molecule has 0 bridgehead atoms. The number of amides is 1. The van der Waals surface area contributed by atoms with Gasteiger partial charge in [0, 0.05) is 31.9 Å². The van der Waals surface area contributed by atoms with E-state index >= 15 is 0 Å². The van der Waals surface area contributed by atoms with Crippen LogP contribution in [0.5, 0.6) is 5.75 Å². The van der Waals surface area contributed by atoms with Gasteiger partial charge in [-0.05, 0) is 36.8 Å². The number of rotatable bonds is 3. The third kappa shape index (κ3) is 4.61. The van der Waals surface area contributed by atoms with E-state index in [4.69, 9.17) is 5.73 Å². The molecule has 142 valence electrons. The monoisotopic (exact) mass is 397 g/mol. The quantitative estimate of drug-likeness (QED) is 0.834. The Hall–Kier alpha value is -1.95. The Morgan fingerprint density at radius 3 is 2.04 bits per heavy atom. The van der Waals surface area contributed by atoms with E-state index < -0.39 is 5.54 Å². The summed E-state index contributed by atoms with van der Waals surface area (Å²) in [5, 5.41) is 9.38. The molecule has 2 aromatic carbocycles. The molecule has 1 saturated heterocycles. The molecule has 1 atom stereocenters. The van der Waals surface area contributed by atoms with Crippen LogP contribution < -0.4 is 10.6 Å². The summed E-state index contributed by atoms with van der Waals surface area (Å²) in [7, 11) is 0. The molecule has 1 aliphatic heterocycles. The van der Waals surface area contributed by atoms with Crippen LogP contribution in [0.1, 0.15) is 12.5 Å². The van der Waals surface area contributed by atoms with E-state index in [0.717, 1.165) is 24.3 Å². The Kier molecular flexibility index (Phi) is 7.75. The highest BCUT2D eigenvalue weighted by atomic mass is 35.5. The lowest BCUT2D eigenvalue weighted by Gasteiger charge is -2.39. The van der Waals surface area contributed by atoms with Crippen molar-refractivity contribution < 1.29 is 9.90 Å². The summed E-state index contributed by atoms with van der Waals surface area (Å²) in [5.74, 6) is 0.216. The van der Waals surface area contributed by atoms with Crippen molar-refractivity contribution in [1.82, 2.24) is 4.90 Å². The Morgan fingerprint density at radius 1 is 0.962 bits per heavy atom. The average Bonchev–Trinajstić information content (AvgIpc) is 2.62. The predicted octanol–water partition coefficient (Wildman–Crippen LogP) is 2.76. The number of carbonyl (C=O) groups is 1. The minimum atomic E-state index is -1.01. The van der Waals surface area contributed by atoms with E-state index in [2.05, 4.69) is 4.90 Å². The highest BCUT2D eigenvalue weighted by Crippen LogP contribution is 2.23. The van der Waals surface area contributed by atoms with Crippen LogP contribution in [0.4, 0.5) is 5.69 Å². The Bertz CT molecular complexity index is 700. The summed E-state index contributed by atoms with van der Waals surface area (Å²) < 4.78 is 0. The maximum atomic E-state index is 12.9. The zero-order valence-electron chi connectivity index (χ0n) is 14.7. The van der Waals surface area contributed by atoms with Gasteiger partial charge in [-0.15, -0.1) is 24.8 Å². The largest absolute Gasteiger partial charge is 0.508 e. The number of phenols is 1. The summed E-state index contributed by atoms with van der Waals surface area (Å²) in [6.07, 6.45) is 0. The Morgan fingerprint density at radius 2 is 1.50 bits per heavy atom. The summed E-state index contributed by atoms with van der Waals surface area (Å²) in [4.78, 5) is 16.9. The van der Waals surface area contributed by atoms with Crippen molar-refractivity contribution in [3.63, 3.8) is 0 Å². The van der Waals surface area contributed by atoms with Gasteiger partial charge in [0.15, 0.2) is 0 Å². The molecule has 1 fully saturated rings. The second kappa shape index (κ2) is 9.12. The SMILES string of the molecule is CC(N)(C(=O)N1CCN(c2ccc(O)cc2)CC1)c1ccccc1.Cl.Cl. The number of aromatic hydroxyl groups is 1. The molecule has 3 N–H and O–H groups in total. The van der Waals surface area contributed by atoms with Crippen molar-refractivity contribution in [2.45, 2.75) is 12.5 Å². The number of hydrogen-bond acceptors (Lipinski definition) is 4. The zero-order chi connectivity index (χ0) is 17.2. The van der Waals surface area contributed by atoms with Gasteiger partial charge in [-0.2, -0.15) is 0 Å². The van der Waals surface area contributed by atoms with Gasteiger partial charge in [0.05, 0.1) is 0 Å². The van der Waals surface area contributed by atoms with Gasteiger partial charge in [-0.3, -0.25) is 4.79 Å². The first-order chi connectivity index (χ1) is 11.5. The van der Waals surface area contributed by atoms with Gasteiger partial charge in [0.25, 0.3) is 0 Å². The van der Waals surface area contributed by atoms with E-state index in [1.165, 1.54) is 0 Å². The molecule has 0 saturated carbocycles. The van der Waals surface area contributed by atoms with Crippen molar-refractivity contribution in [1.29, 1.82) is 0 Å². The number of nitrogens with zero attached hydrogens (tertiary/aromatic N) is 2. The molecule has 3 rings (SSSR count). The fraction of sp³-hybridized carbons (Fsp3) is 0.316. The van der Waals surface area contributed by atoms with Gasteiger partial charge in [-0.1, -0.05) is 30.3 Å². The van der Waals surface area contributed by atoms with E-state index in [-0.39, 0.29) is 36.5 Å². The van der Waals surface area contributed by atoms with E-state index in [1.54, 1.807) is 19.1 Å². The predicted molar refractivity (Wildman–Crippen MR) is 109 cm³/mol. The van der Waals surface area contributed by atoms with Crippen LogP contribution in [-0.2, 0) is 10.3 Å². The van der Waals surface area contributed by atoms with E-state index in [1.807, 2.05) is 47.4 Å². The van der Waals surface area contributed by atoms with Crippen molar-refractivity contribution in [2.24, 2.45) is 5.73 Å². The molecule has 0 spiro atoms. The molecule has 0 radical (unpaired) electrons. The van der Waals surface area contributed by atoms with Crippen molar-refractivity contribution in [2.75, 3.05) is 31.1 Å². The van der Waals surface area contributed by atoms with Crippen molar-refractivity contribution >= 4 is 36.4 Å². The first kappa shape index (κ1) is 22.1. The maximum Gasteiger partial charge on any atom is 0.247 e. The second-order valence-corrected chi connectivity index (χ2v) is 6.36. The molecule has 2 aromatic rings. The van der Waals surface area contributed by atoms with Gasteiger partial charge in [0.1, 0.15) is 11.3 Å². The van der Waals surface area contributed by atoms with Crippen LogP contribution >= 0.6 is 24.8 Å². The first-order valence-corrected chi connectivity index (χ1v) is 8.16. The number of benzene rings is 2. The topological polar surface area (TPSA) is 69.8 Å². The molecule has 1 heterocycles. The molecule has 0 aromatic heterocycles. The summed E-state index contributed by atoms with van der Waals surface area (Å²) in [5.41, 5.74) is 7.21. The molecular formula is C19H25Cl2N3O2. The number of carbonyl (C=O) groups excluding carboxylic acids is 1. The summed E-state index contributed by atoms with van der Waals surface area (Å²) >= 11 is 0. The van der Waals surface area contributed by atoms with Crippen LogP contribution in [0.15, 0.2) is 54.6 Å². The van der Waals surface area contributed by atoms with Gasteiger partial charge in [-0.25, -0.2) is 0 Å². The number of halogens is 2. The molecule has 1 aliphatic rings. The highest BCUT2D eigenvalue weighted by Gasteiger charge is 2.35. The Labute approximate surface area is 166 Å². The third-order valence-corrected chi connectivity index (χ3v) is 4.60. The zero-order valence-corrected chi connectivity index (χ0v) is 16.3. The first-order valence-electron chi connectivity index (χ1n) is 8.16. The maximum absolute atomic E-state index is 12.9. The van der Waals surface area contributed by atoms with Gasteiger partial charge >= 0.3 is 0 Å². The molecule has 0 aliphatic carbocycles. The normalized spacial score (nSPS) is 16.1. The van der Waals surface area contributed by atoms with Crippen molar-refractivity contribution in [3.8, 4) is 5.75 Å². The lowest BCUT2D eigenvalue weighted by atomic mass is 9.91. The second-order valence-electron chi connectivity index (χ2n) is 6.36. The third-order valence-electron chi connectivity index (χ3n) is 4.60. The number of nitrogens with two attached hydrogens (primary N) is 1. The fourth-order valence-corrected chi connectivity index (χ4v) is 3.07. The standard InChI is InChI=1S/C19H23N3O2.2ClH/c1-19(20,15-5-3-2-4-6-15)18(24)22-13-11-21(12-14-22)16-7-9-17(23)10-8-16;;/h2-10,23H,11-14,20H2,1H3;2*1H. The van der Waals surface area contributed by atoms with E-state index in [9.17, 15) is 9.90 Å². The number of hydrogen-bond donors (Lipinski definition) is 2. The van der Waals surface area contributed by atoms with Crippen LogP contribution in [0.3, 0.4) is 0 Å². The van der Waals surface area contributed by atoms with Gasteiger partial charge < -0.3 is 20.6 Å². The minimum Gasteiger partial charge on any atom is -0.508 e. The molecule has 1 amide bonds. The summed E-state index contributed by atoms with van der Waals surface area (Å²) in [6.45, 7) is 4.55. The minimum absolute atomic E-state index is 0. The number of piperazine rings is 1. The smallest absolute Gasteiger partial charge is 0.247 e. The number of anilines is 1. The van der Waals surface area contributed by atoms with Crippen LogP contribution in [0.25, 0.3) is 0 Å². The Balaban J connectivity index is 0.00000169. The van der Waals surface area contributed by atoms with Crippen LogP contribution in [0.2, 0.25) is 0 Å². The molecule has 26 heavy (non-hydrogen) atoms. The molecule has 1 unspecified atom stereocenters. The van der Waals surface area contributed by atoms with E-state index in [0.29, 0.717) is 13.1 Å². The molecule has 5 nitrogen and oxygen atoms in total. The fourth-order valence-electron chi connectivity index (χ4n) is 3.07. The lowest BCUT2D eigenvalue weighted by molar-refractivity contribution is -0.137.